The summed E-state index contributed by atoms with van der Waals surface area (Å²) in [6, 6.07) is 7.86. The topological polar surface area (TPSA) is 128 Å². The van der Waals surface area contributed by atoms with Crippen molar-refractivity contribution in [3.63, 3.8) is 0 Å². The summed E-state index contributed by atoms with van der Waals surface area (Å²) in [5.41, 5.74) is -0.0604. The fourth-order valence-electron chi connectivity index (χ4n) is 2.65. The van der Waals surface area contributed by atoms with E-state index >= 15 is 0 Å². The number of esters is 1. The van der Waals surface area contributed by atoms with Crippen molar-refractivity contribution in [3.05, 3.63) is 68.2 Å². The minimum atomic E-state index is -0.774. The second-order valence-electron chi connectivity index (χ2n) is 6.64. The number of rotatable bonds is 7. The number of nitrogens with zero attached hydrogens (tertiary/aromatic N) is 1. The maximum absolute atomic E-state index is 12.6. The summed E-state index contributed by atoms with van der Waals surface area (Å²) in [5.74, 6) is -1.75. The molecule has 0 spiro atoms. The Morgan fingerprint density at radius 1 is 1.13 bits per heavy atom. The van der Waals surface area contributed by atoms with Crippen LogP contribution in [0.2, 0.25) is 5.02 Å². The highest BCUT2D eigenvalue weighted by molar-refractivity contribution is 6.34. The molecule has 0 heterocycles. The predicted molar refractivity (Wildman–Crippen MR) is 109 cm³/mol. The van der Waals surface area contributed by atoms with E-state index in [0.29, 0.717) is 0 Å². The first-order valence-electron chi connectivity index (χ1n) is 9.17. The zero-order valence-electron chi connectivity index (χ0n) is 15.9. The summed E-state index contributed by atoms with van der Waals surface area (Å²) in [7, 11) is 0. The maximum atomic E-state index is 12.6. The van der Waals surface area contributed by atoms with Gasteiger partial charge in [0.1, 0.15) is 0 Å². The number of hydrogen-bond donors (Lipinski definition) is 2. The molecule has 2 aromatic rings. The molecule has 1 fully saturated rings. The molecule has 0 unspecified atom stereocenters. The van der Waals surface area contributed by atoms with Gasteiger partial charge in [-0.05, 0) is 44.0 Å². The lowest BCUT2D eigenvalue weighted by atomic mass is 10.1. The minimum Gasteiger partial charge on any atom is -0.462 e. The van der Waals surface area contributed by atoms with Crippen molar-refractivity contribution < 1.29 is 24.0 Å². The lowest BCUT2D eigenvalue weighted by Gasteiger charge is -2.10. The summed E-state index contributed by atoms with van der Waals surface area (Å²) >= 11 is 6.16. The van der Waals surface area contributed by atoms with Gasteiger partial charge in [-0.15, -0.1) is 0 Å². The summed E-state index contributed by atoms with van der Waals surface area (Å²) in [5, 5.41) is 16.7. The highest BCUT2D eigenvalue weighted by Crippen LogP contribution is 2.25. The molecule has 3 rings (SSSR count). The monoisotopic (exact) mass is 431 g/mol. The average Bonchev–Trinajstić information content (AvgIpc) is 3.51. The third-order valence-electron chi connectivity index (χ3n) is 4.29. The quantitative estimate of drug-likeness (QED) is 0.392. The molecule has 2 N–H and O–H groups in total. The number of benzene rings is 2. The van der Waals surface area contributed by atoms with Gasteiger partial charge in [0.05, 0.1) is 27.7 Å². The van der Waals surface area contributed by atoms with E-state index in [1.165, 1.54) is 24.3 Å². The number of ether oxygens (including phenoxy) is 1. The Morgan fingerprint density at radius 3 is 2.43 bits per heavy atom. The highest BCUT2D eigenvalue weighted by Gasteiger charge is 2.25. The van der Waals surface area contributed by atoms with Crippen LogP contribution < -0.4 is 10.6 Å². The van der Waals surface area contributed by atoms with Crippen LogP contribution >= 0.6 is 11.6 Å². The molecule has 9 nitrogen and oxygen atoms in total. The van der Waals surface area contributed by atoms with Crippen molar-refractivity contribution in [2.75, 3.05) is 11.9 Å². The zero-order chi connectivity index (χ0) is 21.8. The maximum Gasteiger partial charge on any atom is 0.338 e. The van der Waals surface area contributed by atoms with Gasteiger partial charge in [0.15, 0.2) is 0 Å². The third-order valence-corrected chi connectivity index (χ3v) is 4.60. The van der Waals surface area contributed by atoms with Crippen molar-refractivity contribution in [2.24, 2.45) is 0 Å². The van der Waals surface area contributed by atoms with Crippen LogP contribution in [-0.2, 0) is 4.74 Å². The number of halogens is 1. The molecule has 0 aromatic heterocycles. The molecule has 0 saturated heterocycles. The average molecular weight is 432 g/mol. The van der Waals surface area contributed by atoms with Crippen LogP contribution in [0.4, 0.5) is 11.4 Å². The van der Waals surface area contributed by atoms with Crippen molar-refractivity contribution in [1.82, 2.24) is 5.32 Å². The van der Waals surface area contributed by atoms with E-state index in [1.807, 2.05) is 0 Å². The number of carbonyl (C=O) groups is 3. The highest BCUT2D eigenvalue weighted by atomic mass is 35.5. The van der Waals surface area contributed by atoms with Gasteiger partial charge in [0.25, 0.3) is 17.5 Å². The molecule has 0 atom stereocenters. The van der Waals surface area contributed by atoms with E-state index in [1.54, 1.807) is 6.92 Å². The molecule has 1 saturated carbocycles. The third kappa shape index (κ3) is 5.12. The SMILES string of the molecule is CCOC(=O)c1cc(C(=O)Nc2ccc(C(=O)NC3CC3)c(Cl)c2)cc([N+](=O)[O-])c1. The fourth-order valence-corrected chi connectivity index (χ4v) is 2.92. The second kappa shape index (κ2) is 8.91. The lowest BCUT2D eigenvalue weighted by molar-refractivity contribution is -0.384. The fraction of sp³-hybridized carbons (Fsp3) is 0.250. The Hall–Kier alpha value is -3.46. The number of anilines is 1. The van der Waals surface area contributed by atoms with Gasteiger partial charge in [-0.3, -0.25) is 19.7 Å². The van der Waals surface area contributed by atoms with E-state index < -0.39 is 22.5 Å². The second-order valence-corrected chi connectivity index (χ2v) is 7.05. The largest absolute Gasteiger partial charge is 0.462 e. The number of carbonyl (C=O) groups excluding carboxylic acids is 3. The molecule has 10 heteroatoms. The smallest absolute Gasteiger partial charge is 0.338 e. The Kier molecular flexibility index (Phi) is 6.31. The summed E-state index contributed by atoms with van der Waals surface area (Å²) < 4.78 is 4.85. The van der Waals surface area contributed by atoms with Gasteiger partial charge < -0.3 is 15.4 Å². The molecule has 2 amide bonds. The van der Waals surface area contributed by atoms with Crippen LogP contribution in [0.5, 0.6) is 0 Å². The Balaban J connectivity index is 1.81. The van der Waals surface area contributed by atoms with Gasteiger partial charge in [0, 0.05) is 29.4 Å². The number of hydrogen-bond acceptors (Lipinski definition) is 6. The predicted octanol–water partition coefficient (Wildman–Crippen LogP) is 3.57. The van der Waals surface area contributed by atoms with Crippen molar-refractivity contribution in [3.8, 4) is 0 Å². The van der Waals surface area contributed by atoms with Crippen molar-refractivity contribution in [1.29, 1.82) is 0 Å². The van der Waals surface area contributed by atoms with E-state index in [2.05, 4.69) is 10.6 Å². The van der Waals surface area contributed by atoms with Gasteiger partial charge in [-0.2, -0.15) is 0 Å². The van der Waals surface area contributed by atoms with Crippen LogP contribution in [0.15, 0.2) is 36.4 Å². The van der Waals surface area contributed by atoms with Gasteiger partial charge >= 0.3 is 5.97 Å². The normalized spacial score (nSPS) is 12.7. The van der Waals surface area contributed by atoms with Gasteiger partial charge in [0.2, 0.25) is 0 Å². The van der Waals surface area contributed by atoms with Gasteiger partial charge in [-0.1, -0.05) is 11.6 Å². The number of non-ortho nitro benzene ring substituents is 1. The van der Waals surface area contributed by atoms with Crippen LogP contribution in [0.1, 0.15) is 50.8 Å². The van der Waals surface area contributed by atoms with E-state index in [9.17, 15) is 24.5 Å². The first-order valence-corrected chi connectivity index (χ1v) is 9.54. The van der Waals surface area contributed by atoms with E-state index in [-0.39, 0.29) is 46.0 Å². The molecule has 0 radical (unpaired) electrons. The standard InChI is InChI=1S/C20H18ClN3O6/c1-2-30-20(27)12-7-11(8-15(9-12)24(28)29)18(25)23-14-5-6-16(17(21)10-14)19(26)22-13-3-4-13/h5-10,13H,2-4H2,1H3,(H,22,26)(H,23,25). The molecule has 1 aliphatic rings. The zero-order valence-corrected chi connectivity index (χ0v) is 16.7. The molecular weight excluding hydrogens is 414 g/mol. The van der Waals surface area contributed by atoms with Crippen molar-refractivity contribution in [2.45, 2.75) is 25.8 Å². The minimum absolute atomic E-state index is 0.0855. The van der Waals surface area contributed by atoms with Crippen LogP contribution in [0.3, 0.4) is 0 Å². The Bertz CT molecular complexity index is 1040. The number of nitrogens with one attached hydrogen (secondary N) is 2. The molecule has 156 valence electrons. The van der Waals surface area contributed by atoms with Crippen LogP contribution in [0, 0.1) is 10.1 Å². The van der Waals surface area contributed by atoms with E-state index in [4.69, 9.17) is 16.3 Å². The lowest BCUT2D eigenvalue weighted by Crippen LogP contribution is -2.25. The Labute approximate surface area is 176 Å². The van der Waals surface area contributed by atoms with Gasteiger partial charge in [-0.25, -0.2) is 4.79 Å². The Morgan fingerprint density at radius 2 is 1.83 bits per heavy atom. The molecule has 0 aliphatic heterocycles. The summed E-state index contributed by atoms with van der Waals surface area (Å²) in [4.78, 5) is 47.1. The number of amides is 2. The number of nitro benzene ring substituents is 1. The van der Waals surface area contributed by atoms with Crippen molar-refractivity contribution >= 4 is 40.8 Å². The number of nitro groups is 1. The first-order chi connectivity index (χ1) is 14.3. The molecule has 2 aromatic carbocycles. The molecular formula is C20H18ClN3O6. The summed E-state index contributed by atoms with van der Waals surface area (Å²) in [6.07, 6.45) is 1.88. The molecule has 1 aliphatic carbocycles. The summed E-state index contributed by atoms with van der Waals surface area (Å²) in [6.45, 7) is 1.68. The van der Waals surface area contributed by atoms with Crippen LogP contribution in [0.25, 0.3) is 0 Å². The molecule has 30 heavy (non-hydrogen) atoms. The van der Waals surface area contributed by atoms with Crippen LogP contribution in [-0.4, -0.2) is 35.4 Å². The first kappa shape index (κ1) is 21.3. The van der Waals surface area contributed by atoms with E-state index in [0.717, 1.165) is 25.0 Å². The molecule has 0 bridgehead atoms.